The number of aromatic nitrogens is 2. The first kappa shape index (κ1) is 17.8. The van der Waals surface area contributed by atoms with Crippen LogP contribution in [0.25, 0.3) is 0 Å². The highest BCUT2D eigenvalue weighted by Crippen LogP contribution is 2.15. The van der Waals surface area contributed by atoms with Crippen molar-refractivity contribution in [2.75, 3.05) is 11.9 Å². The van der Waals surface area contributed by atoms with Gasteiger partial charge in [0.25, 0.3) is 0 Å². The van der Waals surface area contributed by atoms with E-state index in [9.17, 15) is 4.79 Å². The van der Waals surface area contributed by atoms with Crippen molar-refractivity contribution >= 4 is 11.7 Å². The standard InChI is InChI=1S/C17H30N4O2/c1-3-4-5-6-8-14(2)19-17(22)20-15-11-18-21(12-15)13-16-9-7-10-23-16/h11-12,14,16H,3-10,13H2,1-2H3,(H2,19,20,22). The van der Waals surface area contributed by atoms with E-state index in [0.717, 1.165) is 44.5 Å². The van der Waals surface area contributed by atoms with Crippen molar-refractivity contribution in [2.24, 2.45) is 0 Å². The number of hydrogen-bond acceptors (Lipinski definition) is 3. The third kappa shape index (κ3) is 6.60. The Morgan fingerprint density at radius 2 is 2.35 bits per heavy atom. The minimum Gasteiger partial charge on any atom is -0.376 e. The van der Waals surface area contributed by atoms with Crippen molar-refractivity contribution in [3.63, 3.8) is 0 Å². The molecule has 2 unspecified atom stereocenters. The molecule has 0 aliphatic carbocycles. The molecule has 0 saturated carbocycles. The molecule has 1 aliphatic rings. The Morgan fingerprint density at radius 1 is 1.48 bits per heavy atom. The predicted molar refractivity (Wildman–Crippen MR) is 91.6 cm³/mol. The first-order valence-electron chi connectivity index (χ1n) is 8.89. The first-order chi connectivity index (χ1) is 11.2. The predicted octanol–water partition coefficient (Wildman–Crippen LogP) is 3.54. The van der Waals surface area contributed by atoms with Gasteiger partial charge in [-0.2, -0.15) is 5.10 Å². The molecule has 2 atom stereocenters. The Kier molecular flexibility index (Phi) is 7.39. The summed E-state index contributed by atoms with van der Waals surface area (Å²) in [5.41, 5.74) is 0.721. The van der Waals surface area contributed by atoms with E-state index in [2.05, 4.69) is 22.7 Å². The fraction of sp³-hybridized carbons (Fsp3) is 0.765. The van der Waals surface area contributed by atoms with Crippen molar-refractivity contribution in [1.82, 2.24) is 15.1 Å². The number of ether oxygens (including phenoxy) is 1. The largest absolute Gasteiger partial charge is 0.376 e. The number of hydrogen-bond donors (Lipinski definition) is 2. The summed E-state index contributed by atoms with van der Waals surface area (Å²) in [7, 11) is 0. The van der Waals surface area contributed by atoms with Gasteiger partial charge in [0.05, 0.1) is 24.5 Å². The Hall–Kier alpha value is -1.56. The molecule has 2 heterocycles. The summed E-state index contributed by atoms with van der Waals surface area (Å²) >= 11 is 0. The molecular weight excluding hydrogens is 292 g/mol. The van der Waals surface area contributed by atoms with E-state index in [1.165, 1.54) is 19.3 Å². The highest BCUT2D eigenvalue weighted by Gasteiger charge is 2.16. The smallest absolute Gasteiger partial charge is 0.319 e. The van der Waals surface area contributed by atoms with Crippen LogP contribution >= 0.6 is 0 Å². The summed E-state index contributed by atoms with van der Waals surface area (Å²) in [4.78, 5) is 12.0. The third-order valence-corrected chi connectivity index (χ3v) is 4.17. The normalized spacial score (nSPS) is 18.8. The lowest BCUT2D eigenvalue weighted by Gasteiger charge is -2.13. The quantitative estimate of drug-likeness (QED) is 0.683. The molecule has 0 radical (unpaired) electrons. The van der Waals surface area contributed by atoms with Gasteiger partial charge in [0, 0.05) is 18.8 Å². The maximum absolute atomic E-state index is 12.0. The van der Waals surface area contributed by atoms with Crippen molar-refractivity contribution in [2.45, 2.75) is 77.5 Å². The van der Waals surface area contributed by atoms with E-state index in [-0.39, 0.29) is 18.2 Å². The molecule has 0 spiro atoms. The maximum atomic E-state index is 12.0. The van der Waals surface area contributed by atoms with E-state index >= 15 is 0 Å². The summed E-state index contributed by atoms with van der Waals surface area (Å²) in [6, 6.07) is 0.0263. The van der Waals surface area contributed by atoms with Gasteiger partial charge in [-0.15, -0.1) is 0 Å². The van der Waals surface area contributed by atoms with Crippen LogP contribution in [0.2, 0.25) is 0 Å². The van der Waals surface area contributed by atoms with Crippen molar-refractivity contribution in [1.29, 1.82) is 0 Å². The second kappa shape index (κ2) is 9.55. The number of rotatable bonds is 9. The van der Waals surface area contributed by atoms with E-state index in [0.29, 0.717) is 0 Å². The van der Waals surface area contributed by atoms with E-state index in [1.54, 1.807) is 6.20 Å². The fourth-order valence-corrected chi connectivity index (χ4v) is 2.87. The zero-order valence-electron chi connectivity index (χ0n) is 14.4. The van der Waals surface area contributed by atoms with Crippen LogP contribution in [0.1, 0.15) is 58.8 Å². The molecule has 1 saturated heterocycles. The Labute approximate surface area is 139 Å². The van der Waals surface area contributed by atoms with Gasteiger partial charge in [0.2, 0.25) is 0 Å². The molecule has 2 amide bonds. The van der Waals surface area contributed by atoms with Crippen molar-refractivity contribution in [3.8, 4) is 0 Å². The number of anilines is 1. The zero-order chi connectivity index (χ0) is 16.5. The molecule has 1 aromatic rings. The lowest BCUT2D eigenvalue weighted by atomic mass is 10.1. The van der Waals surface area contributed by atoms with Gasteiger partial charge < -0.3 is 15.4 Å². The number of nitrogens with one attached hydrogen (secondary N) is 2. The van der Waals surface area contributed by atoms with Gasteiger partial charge in [-0.3, -0.25) is 4.68 Å². The van der Waals surface area contributed by atoms with Crippen LogP contribution in [0.15, 0.2) is 12.4 Å². The van der Waals surface area contributed by atoms with Crippen molar-refractivity contribution < 1.29 is 9.53 Å². The number of carbonyl (C=O) groups excluding carboxylic acids is 1. The van der Waals surface area contributed by atoms with Gasteiger partial charge in [-0.05, 0) is 26.2 Å². The number of unbranched alkanes of at least 4 members (excludes halogenated alkanes) is 3. The number of amides is 2. The molecule has 130 valence electrons. The van der Waals surface area contributed by atoms with Gasteiger partial charge in [0.15, 0.2) is 0 Å². The summed E-state index contributed by atoms with van der Waals surface area (Å²) in [5.74, 6) is 0. The van der Waals surface area contributed by atoms with Gasteiger partial charge in [-0.25, -0.2) is 4.79 Å². The van der Waals surface area contributed by atoms with E-state index in [1.807, 2.05) is 17.8 Å². The van der Waals surface area contributed by atoms with Crippen LogP contribution in [0.3, 0.4) is 0 Å². The number of urea groups is 1. The molecule has 2 rings (SSSR count). The van der Waals surface area contributed by atoms with Gasteiger partial charge in [0.1, 0.15) is 0 Å². The molecule has 0 bridgehead atoms. The molecule has 1 aromatic heterocycles. The molecule has 0 aromatic carbocycles. The average molecular weight is 322 g/mol. The molecule has 2 N–H and O–H groups in total. The van der Waals surface area contributed by atoms with Crippen LogP contribution in [-0.2, 0) is 11.3 Å². The average Bonchev–Trinajstić information content (AvgIpc) is 3.16. The molecular formula is C17H30N4O2. The van der Waals surface area contributed by atoms with Crippen LogP contribution in [0.4, 0.5) is 10.5 Å². The second-order valence-corrected chi connectivity index (χ2v) is 6.43. The number of nitrogens with zero attached hydrogens (tertiary/aromatic N) is 2. The minimum atomic E-state index is -0.162. The van der Waals surface area contributed by atoms with Crippen LogP contribution in [-0.4, -0.2) is 34.6 Å². The molecule has 6 nitrogen and oxygen atoms in total. The Bertz CT molecular complexity index is 469. The Balaban J connectivity index is 1.67. The van der Waals surface area contributed by atoms with Crippen molar-refractivity contribution in [3.05, 3.63) is 12.4 Å². The van der Waals surface area contributed by atoms with Gasteiger partial charge in [-0.1, -0.05) is 32.6 Å². The number of carbonyl (C=O) groups is 1. The molecule has 6 heteroatoms. The minimum absolute atomic E-state index is 0.162. The summed E-state index contributed by atoms with van der Waals surface area (Å²) in [6.45, 7) is 5.84. The SMILES string of the molecule is CCCCCCC(C)NC(=O)Nc1cnn(CC2CCCO2)c1. The van der Waals surface area contributed by atoms with E-state index in [4.69, 9.17) is 4.74 Å². The zero-order valence-corrected chi connectivity index (χ0v) is 14.4. The van der Waals surface area contributed by atoms with Crippen LogP contribution < -0.4 is 10.6 Å². The third-order valence-electron chi connectivity index (χ3n) is 4.17. The van der Waals surface area contributed by atoms with Crippen LogP contribution in [0, 0.1) is 0 Å². The fourth-order valence-electron chi connectivity index (χ4n) is 2.87. The lowest BCUT2D eigenvalue weighted by molar-refractivity contribution is 0.0940. The highest BCUT2D eigenvalue weighted by molar-refractivity contribution is 5.89. The maximum Gasteiger partial charge on any atom is 0.319 e. The molecule has 1 fully saturated rings. The topological polar surface area (TPSA) is 68.2 Å². The summed E-state index contributed by atoms with van der Waals surface area (Å²) < 4.78 is 7.43. The molecule has 23 heavy (non-hydrogen) atoms. The summed E-state index contributed by atoms with van der Waals surface area (Å²) in [6.07, 6.45) is 11.9. The summed E-state index contributed by atoms with van der Waals surface area (Å²) in [5, 5.41) is 10.1. The van der Waals surface area contributed by atoms with Gasteiger partial charge >= 0.3 is 6.03 Å². The van der Waals surface area contributed by atoms with Crippen LogP contribution in [0.5, 0.6) is 0 Å². The molecule has 1 aliphatic heterocycles. The second-order valence-electron chi connectivity index (χ2n) is 6.43. The Morgan fingerprint density at radius 3 is 3.09 bits per heavy atom. The highest BCUT2D eigenvalue weighted by atomic mass is 16.5. The van der Waals surface area contributed by atoms with E-state index < -0.39 is 0 Å². The monoisotopic (exact) mass is 322 g/mol. The first-order valence-corrected chi connectivity index (χ1v) is 8.89. The lowest BCUT2D eigenvalue weighted by Crippen LogP contribution is -2.35.